The number of amides is 4. The van der Waals surface area contributed by atoms with E-state index in [9.17, 15) is 24.4 Å². The Balaban J connectivity index is 1.60. The summed E-state index contributed by atoms with van der Waals surface area (Å²) in [5.41, 5.74) is 1.17. The van der Waals surface area contributed by atoms with Gasteiger partial charge in [-0.25, -0.2) is 5.06 Å². The number of likely N-dealkylation sites (tertiary alicyclic amines) is 1. The van der Waals surface area contributed by atoms with Crippen LogP contribution in [0.25, 0.3) is 0 Å². The SMILES string of the molecule is Cc1ccc(C(=O)NC2CCN(C(=O)[C@@H](NC(=O)C(CC3CCCC3)CN(O)C=O)C(C)(C)C)CC2)cc1. The number of hydrogen-bond acceptors (Lipinski definition) is 5. The van der Waals surface area contributed by atoms with Gasteiger partial charge in [0.15, 0.2) is 0 Å². The molecule has 1 aromatic rings. The second-order valence-corrected chi connectivity index (χ2v) is 12.1. The van der Waals surface area contributed by atoms with Crippen molar-refractivity contribution < 1.29 is 24.4 Å². The predicted octanol–water partition coefficient (Wildman–Crippen LogP) is 3.29. The average Bonchev–Trinajstić information content (AvgIpc) is 3.39. The summed E-state index contributed by atoms with van der Waals surface area (Å²) in [6, 6.07) is 6.67. The molecule has 2 fully saturated rings. The third-order valence-electron chi connectivity index (χ3n) is 7.85. The van der Waals surface area contributed by atoms with Crippen LogP contribution < -0.4 is 10.6 Å². The lowest BCUT2D eigenvalue weighted by Crippen LogP contribution is -2.58. The molecule has 3 rings (SSSR count). The molecule has 9 nitrogen and oxygen atoms in total. The minimum Gasteiger partial charge on any atom is -0.349 e. The van der Waals surface area contributed by atoms with Gasteiger partial charge in [0.05, 0.1) is 12.5 Å². The topological polar surface area (TPSA) is 119 Å². The van der Waals surface area contributed by atoms with Crippen LogP contribution >= 0.6 is 0 Å². The summed E-state index contributed by atoms with van der Waals surface area (Å²) < 4.78 is 0. The van der Waals surface area contributed by atoms with Crippen LogP contribution in [0.15, 0.2) is 24.3 Å². The van der Waals surface area contributed by atoms with Gasteiger partial charge in [0, 0.05) is 24.7 Å². The van der Waals surface area contributed by atoms with E-state index in [4.69, 9.17) is 0 Å². The highest BCUT2D eigenvalue weighted by atomic mass is 16.5. The fraction of sp³-hybridized carbons (Fsp3) is 0.655. The van der Waals surface area contributed by atoms with Gasteiger partial charge in [-0.3, -0.25) is 24.4 Å². The van der Waals surface area contributed by atoms with Crippen molar-refractivity contribution in [1.82, 2.24) is 20.6 Å². The molecule has 1 saturated heterocycles. The Morgan fingerprint density at radius 1 is 1.08 bits per heavy atom. The molecule has 1 aromatic carbocycles. The summed E-state index contributed by atoms with van der Waals surface area (Å²) >= 11 is 0. The van der Waals surface area contributed by atoms with E-state index in [1.54, 1.807) is 4.90 Å². The number of nitrogens with one attached hydrogen (secondary N) is 2. The van der Waals surface area contributed by atoms with Crippen LogP contribution in [0.1, 0.15) is 81.6 Å². The highest BCUT2D eigenvalue weighted by molar-refractivity contribution is 5.94. The molecule has 1 aliphatic carbocycles. The number of carbonyl (C=O) groups is 4. The first-order valence-electron chi connectivity index (χ1n) is 13.9. The van der Waals surface area contributed by atoms with Crippen molar-refractivity contribution in [2.24, 2.45) is 17.3 Å². The van der Waals surface area contributed by atoms with Crippen molar-refractivity contribution >= 4 is 24.1 Å². The van der Waals surface area contributed by atoms with Gasteiger partial charge in [-0.05, 0) is 49.7 Å². The summed E-state index contributed by atoms with van der Waals surface area (Å²) in [5, 5.41) is 16.4. The van der Waals surface area contributed by atoms with Gasteiger partial charge in [-0.15, -0.1) is 0 Å². The van der Waals surface area contributed by atoms with E-state index >= 15 is 0 Å². The normalized spacial score (nSPS) is 18.5. The molecular weight excluding hydrogens is 484 g/mol. The molecule has 1 saturated carbocycles. The molecule has 0 bridgehead atoms. The van der Waals surface area contributed by atoms with Crippen LogP contribution in [-0.2, 0) is 14.4 Å². The van der Waals surface area contributed by atoms with Gasteiger partial charge in [-0.2, -0.15) is 0 Å². The summed E-state index contributed by atoms with van der Waals surface area (Å²) in [7, 11) is 0. The third kappa shape index (κ3) is 8.28. The van der Waals surface area contributed by atoms with Crippen LogP contribution in [0.3, 0.4) is 0 Å². The Kier molecular flexibility index (Phi) is 10.3. The Bertz CT molecular complexity index is 960. The molecule has 9 heteroatoms. The number of rotatable bonds is 10. The van der Waals surface area contributed by atoms with Crippen molar-refractivity contribution in [2.45, 2.75) is 84.7 Å². The molecule has 38 heavy (non-hydrogen) atoms. The Hall–Kier alpha value is -2.94. The highest BCUT2D eigenvalue weighted by Gasteiger charge is 2.39. The quantitative estimate of drug-likeness (QED) is 0.245. The van der Waals surface area contributed by atoms with Gasteiger partial charge in [0.1, 0.15) is 6.04 Å². The molecule has 2 atom stereocenters. The van der Waals surface area contributed by atoms with Gasteiger partial charge in [0.2, 0.25) is 18.2 Å². The van der Waals surface area contributed by atoms with Crippen LogP contribution in [-0.4, -0.2) is 71.0 Å². The Morgan fingerprint density at radius 3 is 2.24 bits per heavy atom. The first kappa shape index (κ1) is 29.6. The van der Waals surface area contributed by atoms with E-state index in [1.165, 1.54) is 0 Å². The van der Waals surface area contributed by atoms with Crippen LogP contribution in [0, 0.1) is 24.2 Å². The number of hydroxylamine groups is 2. The minimum absolute atomic E-state index is 0.0230. The zero-order valence-corrected chi connectivity index (χ0v) is 23.2. The van der Waals surface area contributed by atoms with E-state index in [-0.39, 0.29) is 30.3 Å². The predicted molar refractivity (Wildman–Crippen MR) is 144 cm³/mol. The number of carbonyl (C=O) groups excluding carboxylic acids is 4. The molecular formula is C29H44N4O5. The van der Waals surface area contributed by atoms with E-state index in [0.29, 0.717) is 55.3 Å². The maximum Gasteiger partial charge on any atom is 0.251 e. The average molecular weight is 529 g/mol. The highest BCUT2D eigenvalue weighted by Crippen LogP contribution is 2.31. The lowest BCUT2D eigenvalue weighted by atomic mass is 9.84. The van der Waals surface area contributed by atoms with E-state index < -0.39 is 17.4 Å². The van der Waals surface area contributed by atoms with E-state index in [0.717, 1.165) is 31.2 Å². The molecule has 2 aliphatic rings. The first-order chi connectivity index (χ1) is 18.0. The Labute approximate surface area is 226 Å². The second kappa shape index (κ2) is 13.2. The molecule has 1 unspecified atom stereocenters. The van der Waals surface area contributed by atoms with Crippen LogP contribution in [0.2, 0.25) is 0 Å². The number of nitrogens with zero attached hydrogens (tertiary/aromatic N) is 2. The van der Waals surface area contributed by atoms with Gasteiger partial charge in [0.25, 0.3) is 5.91 Å². The molecule has 3 N–H and O–H groups in total. The second-order valence-electron chi connectivity index (χ2n) is 12.1. The van der Waals surface area contributed by atoms with Crippen molar-refractivity contribution in [3.8, 4) is 0 Å². The van der Waals surface area contributed by atoms with Crippen molar-refractivity contribution in [1.29, 1.82) is 0 Å². The number of piperidine rings is 1. The number of benzene rings is 1. The Morgan fingerprint density at radius 2 is 1.68 bits per heavy atom. The minimum atomic E-state index is -0.747. The number of aryl methyl sites for hydroxylation is 1. The summed E-state index contributed by atoms with van der Waals surface area (Å²) in [5.74, 6) is -0.787. The van der Waals surface area contributed by atoms with Crippen molar-refractivity contribution in [3.05, 3.63) is 35.4 Å². The lowest BCUT2D eigenvalue weighted by Gasteiger charge is -2.39. The largest absolute Gasteiger partial charge is 0.349 e. The molecule has 0 radical (unpaired) electrons. The maximum atomic E-state index is 13.6. The fourth-order valence-electron chi connectivity index (χ4n) is 5.49. The monoisotopic (exact) mass is 528 g/mol. The van der Waals surface area contributed by atoms with Crippen LogP contribution in [0.4, 0.5) is 0 Å². The lowest BCUT2D eigenvalue weighted by molar-refractivity contribution is -0.156. The molecule has 0 spiro atoms. The number of hydrogen-bond donors (Lipinski definition) is 3. The summed E-state index contributed by atoms with van der Waals surface area (Å²) in [6.07, 6.45) is 6.48. The summed E-state index contributed by atoms with van der Waals surface area (Å²) in [4.78, 5) is 52.4. The zero-order valence-electron chi connectivity index (χ0n) is 23.2. The molecule has 0 aromatic heterocycles. The molecule has 210 valence electrons. The molecule has 1 aliphatic heterocycles. The van der Waals surface area contributed by atoms with Crippen molar-refractivity contribution in [3.63, 3.8) is 0 Å². The zero-order chi connectivity index (χ0) is 27.9. The van der Waals surface area contributed by atoms with Gasteiger partial charge >= 0.3 is 0 Å². The third-order valence-corrected chi connectivity index (χ3v) is 7.85. The first-order valence-corrected chi connectivity index (χ1v) is 13.9. The van der Waals surface area contributed by atoms with E-state index in [2.05, 4.69) is 10.6 Å². The van der Waals surface area contributed by atoms with Gasteiger partial charge < -0.3 is 15.5 Å². The molecule has 4 amide bonds. The summed E-state index contributed by atoms with van der Waals surface area (Å²) in [6.45, 7) is 8.61. The fourth-order valence-corrected chi connectivity index (χ4v) is 5.49. The molecule has 1 heterocycles. The van der Waals surface area contributed by atoms with Crippen LogP contribution in [0.5, 0.6) is 0 Å². The van der Waals surface area contributed by atoms with Gasteiger partial charge in [-0.1, -0.05) is 64.2 Å². The smallest absolute Gasteiger partial charge is 0.251 e. The maximum absolute atomic E-state index is 13.6. The standard InChI is InChI=1S/C29H44N4O5/c1-20-9-11-22(12-10-20)26(35)30-24-13-15-32(16-14-24)28(37)25(29(2,3)4)31-27(36)23(18-33(38)19-34)17-21-7-5-6-8-21/h9-12,19,21,23-25,38H,5-8,13-18H2,1-4H3,(H,30,35)(H,31,36)/t23?,25-/m1/s1. The van der Waals surface area contributed by atoms with E-state index in [1.807, 2.05) is 52.0 Å². The van der Waals surface area contributed by atoms with Crippen molar-refractivity contribution in [2.75, 3.05) is 19.6 Å².